The number of nitrogens with two attached hydrogens (primary N) is 1. The quantitative estimate of drug-likeness (QED) is 0.339. The second-order valence-electron chi connectivity index (χ2n) is 4.87. The van der Waals surface area contributed by atoms with Crippen molar-refractivity contribution in [1.29, 1.82) is 0 Å². The molecular weight excluding hydrogens is 273 g/mol. The third-order valence-electron chi connectivity index (χ3n) is 2.43. The van der Waals surface area contributed by atoms with E-state index in [0.717, 1.165) is 6.07 Å². The average molecular weight is 289 g/mol. The summed E-state index contributed by atoms with van der Waals surface area (Å²) in [6, 6.07) is 3.74. The van der Waals surface area contributed by atoms with Crippen molar-refractivity contribution in [3.8, 4) is 0 Å². The zero-order valence-electron chi connectivity index (χ0n) is 10.8. The molecule has 0 amide bonds. The number of nitrogens with one attached hydrogen (secondary N) is 1. The minimum absolute atomic E-state index is 0.0785. The third kappa shape index (κ3) is 3.14. The van der Waals surface area contributed by atoms with Crippen LogP contribution < -0.4 is 10.5 Å². The van der Waals surface area contributed by atoms with Crippen molar-refractivity contribution in [2.24, 2.45) is 10.9 Å². The Kier molecular flexibility index (Phi) is 4.04. The number of hydrogen-bond donors (Lipinski definition) is 3. The zero-order valence-corrected chi connectivity index (χ0v) is 11.6. The van der Waals surface area contributed by atoms with E-state index in [-0.39, 0.29) is 11.3 Å². The van der Waals surface area contributed by atoms with Gasteiger partial charge in [0.05, 0.1) is 16.0 Å². The Hall–Kier alpha value is -1.83. The highest BCUT2D eigenvalue weighted by Gasteiger charge is 2.30. The summed E-state index contributed by atoms with van der Waals surface area (Å²) in [5, 5.41) is 11.3. The van der Waals surface area contributed by atoms with Gasteiger partial charge in [0.25, 0.3) is 0 Å². The highest BCUT2D eigenvalue weighted by Crippen LogP contribution is 2.24. The second-order valence-corrected chi connectivity index (χ2v) is 7.30. The molecule has 0 aliphatic heterocycles. The van der Waals surface area contributed by atoms with E-state index in [9.17, 15) is 12.8 Å². The Bertz CT molecular complexity index is 606. The average Bonchev–Trinajstić information content (AvgIpc) is 2.26. The van der Waals surface area contributed by atoms with E-state index < -0.39 is 26.4 Å². The molecule has 19 heavy (non-hydrogen) atoms. The molecule has 106 valence electrons. The van der Waals surface area contributed by atoms with Crippen LogP contribution >= 0.6 is 0 Å². The molecule has 0 atom stereocenters. The van der Waals surface area contributed by atoms with E-state index in [0.29, 0.717) is 0 Å². The normalized spacial score (nSPS) is 13.4. The Morgan fingerprint density at radius 3 is 2.47 bits per heavy atom. The van der Waals surface area contributed by atoms with Gasteiger partial charge in [-0.1, -0.05) is 11.2 Å². The van der Waals surface area contributed by atoms with Crippen molar-refractivity contribution in [3.63, 3.8) is 0 Å². The predicted octanol–water partition coefficient (Wildman–Crippen LogP) is 1.46. The first-order chi connectivity index (χ1) is 8.60. The Labute approximate surface area is 111 Å². The summed E-state index contributed by atoms with van der Waals surface area (Å²) in [5.74, 6) is -1.30. The van der Waals surface area contributed by atoms with Crippen LogP contribution in [0.5, 0.6) is 0 Å². The van der Waals surface area contributed by atoms with Gasteiger partial charge in [-0.2, -0.15) is 0 Å². The van der Waals surface area contributed by atoms with Gasteiger partial charge < -0.3 is 10.9 Å². The van der Waals surface area contributed by atoms with Gasteiger partial charge in [0.15, 0.2) is 5.84 Å². The number of rotatable bonds is 3. The number of amidine groups is 1. The summed E-state index contributed by atoms with van der Waals surface area (Å²) < 4.78 is 38.9. The lowest BCUT2D eigenvalue weighted by Gasteiger charge is -2.21. The van der Waals surface area contributed by atoms with Crippen LogP contribution in [0.2, 0.25) is 0 Å². The molecule has 0 bridgehead atoms. The first kappa shape index (κ1) is 15.2. The molecule has 0 saturated heterocycles. The minimum atomic E-state index is -3.74. The maximum absolute atomic E-state index is 13.7. The lowest BCUT2D eigenvalue weighted by molar-refractivity contribution is 0.318. The maximum atomic E-state index is 13.7. The largest absolute Gasteiger partial charge is 0.409 e. The van der Waals surface area contributed by atoms with Crippen LogP contribution in [0, 0.1) is 5.82 Å². The number of hydrogen-bond acceptors (Lipinski definition) is 4. The summed E-state index contributed by atoms with van der Waals surface area (Å²) in [6.07, 6.45) is 0. The molecule has 0 aromatic heterocycles. The van der Waals surface area contributed by atoms with Gasteiger partial charge in [0.1, 0.15) is 5.82 Å². The van der Waals surface area contributed by atoms with Gasteiger partial charge in [-0.15, -0.1) is 0 Å². The van der Waals surface area contributed by atoms with Gasteiger partial charge in [-0.25, -0.2) is 12.8 Å². The zero-order chi connectivity index (χ0) is 14.8. The molecule has 1 aromatic carbocycles. The fraction of sp³-hybridized carbons (Fsp3) is 0.364. The van der Waals surface area contributed by atoms with Crippen molar-refractivity contribution in [2.75, 3.05) is 4.72 Å². The Balaban J connectivity index is 3.35. The number of halogens is 1. The van der Waals surface area contributed by atoms with Crippen LogP contribution in [0.4, 0.5) is 10.1 Å². The molecule has 0 saturated carbocycles. The number of nitrogens with zero attached hydrogens (tertiary/aromatic N) is 1. The summed E-state index contributed by atoms with van der Waals surface area (Å²) in [6.45, 7) is 4.49. The van der Waals surface area contributed by atoms with E-state index in [4.69, 9.17) is 10.9 Å². The molecule has 0 radical (unpaired) electrons. The first-order valence-corrected chi connectivity index (χ1v) is 6.87. The first-order valence-electron chi connectivity index (χ1n) is 5.39. The molecule has 6 nitrogen and oxygen atoms in total. The van der Waals surface area contributed by atoms with Crippen molar-refractivity contribution in [3.05, 3.63) is 29.6 Å². The van der Waals surface area contributed by atoms with Gasteiger partial charge in [-0.05, 0) is 32.9 Å². The molecule has 4 N–H and O–H groups in total. The number of benzene rings is 1. The summed E-state index contributed by atoms with van der Waals surface area (Å²) >= 11 is 0. The number of anilines is 1. The molecule has 0 unspecified atom stereocenters. The van der Waals surface area contributed by atoms with Crippen molar-refractivity contribution in [2.45, 2.75) is 25.5 Å². The summed E-state index contributed by atoms with van der Waals surface area (Å²) in [4.78, 5) is 0. The topological polar surface area (TPSA) is 105 Å². The van der Waals surface area contributed by atoms with E-state index in [1.165, 1.54) is 32.9 Å². The number of oxime groups is 1. The molecule has 0 aliphatic rings. The molecule has 8 heteroatoms. The Morgan fingerprint density at radius 1 is 1.42 bits per heavy atom. The second kappa shape index (κ2) is 5.04. The van der Waals surface area contributed by atoms with E-state index in [2.05, 4.69) is 9.88 Å². The monoisotopic (exact) mass is 289 g/mol. The smallest absolute Gasteiger partial charge is 0.237 e. The highest BCUT2D eigenvalue weighted by molar-refractivity contribution is 7.94. The standard InChI is InChI=1S/C11H16FN3O3S/c1-11(2,3)19(17,18)15-8-6-4-5-7(12)9(8)10(13)14-16/h4-6,15-16H,1-3H3,(H2,13,14). The van der Waals surface area contributed by atoms with Crippen LogP contribution in [0.15, 0.2) is 23.4 Å². The highest BCUT2D eigenvalue weighted by atomic mass is 32.2. The minimum Gasteiger partial charge on any atom is -0.409 e. The van der Waals surface area contributed by atoms with Crippen LogP contribution in [-0.2, 0) is 10.0 Å². The van der Waals surface area contributed by atoms with Crippen molar-refractivity contribution in [1.82, 2.24) is 0 Å². The fourth-order valence-corrected chi connectivity index (χ4v) is 1.98. The van der Waals surface area contributed by atoms with Crippen LogP contribution in [0.1, 0.15) is 26.3 Å². The summed E-state index contributed by atoms with van der Waals surface area (Å²) in [7, 11) is -3.74. The maximum Gasteiger partial charge on any atom is 0.237 e. The summed E-state index contributed by atoms with van der Waals surface area (Å²) in [5.41, 5.74) is 4.98. The van der Waals surface area contributed by atoms with Crippen LogP contribution in [-0.4, -0.2) is 24.2 Å². The lowest BCUT2D eigenvalue weighted by atomic mass is 10.1. The Morgan fingerprint density at radius 2 is 2.00 bits per heavy atom. The van der Waals surface area contributed by atoms with E-state index in [1.807, 2.05) is 0 Å². The molecule has 0 aliphatic carbocycles. The number of sulfonamides is 1. The molecule has 0 heterocycles. The van der Waals surface area contributed by atoms with Crippen molar-refractivity contribution < 1.29 is 18.0 Å². The molecule has 1 aromatic rings. The lowest BCUT2D eigenvalue weighted by Crippen LogP contribution is -2.34. The van der Waals surface area contributed by atoms with Gasteiger partial charge in [-0.3, -0.25) is 4.72 Å². The molecule has 1 rings (SSSR count). The van der Waals surface area contributed by atoms with E-state index in [1.54, 1.807) is 0 Å². The molecular formula is C11H16FN3O3S. The molecule has 0 fully saturated rings. The fourth-order valence-electron chi connectivity index (χ4n) is 1.22. The predicted molar refractivity (Wildman–Crippen MR) is 71.2 cm³/mol. The third-order valence-corrected chi connectivity index (χ3v) is 4.53. The van der Waals surface area contributed by atoms with Crippen LogP contribution in [0.25, 0.3) is 0 Å². The molecule has 0 spiro atoms. The van der Waals surface area contributed by atoms with Crippen LogP contribution in [0.3, 0.4) is 0 Å². The van der Waals surface area contributed by atoms with Gasteiger partial charge >= 0.3 is 0 Å². The SMILES string of the molecule is CC(C)(C)S(=O)(=O)Nc1cccc(F)c1C(N)=NO. The van der Waals surface area contributed by atoms with Gasteiger partial charge in [0, 0.05) is 0 Å². The van der Waals surface area contributed by atoms with Crippen molar-refractivity contribution >= 4 is 21.5 Å². The van der Waals surface area contributed by atoms with Gasteiger partial charge in [0.2, 0.25) is 10.0 Å². The van der Waals surface area contributed by atoms with E-state index >= 15 is 0 Å².